The van der Waals surface area contributed by atoms with Crippen LogP contribution in [0.1, 0.15) is 26.2 Å². The third kappa shape index (κ3) is 3.14. The van der Waals surface area contributed by atoms with Crippen molar-refractivity contribution in [3.05, 3.63) is 22.7 Å². The molecule has 7 nitrogen and oxygen atoms in total. The molecule has 0 aliphatic carbocycles. The lowest BCUT2D eigenvalue weighted by molar-refractivity contribution is -0.132. The number of carbonyl (C=O) groups is 1. The van der Waals surface area contributed by atoms with Crippen LogP contribution in [0.3, 0.4) is 0 Å². The van der Waals surface area contributed by atoms with Crippen molar-refractivity contribution in [2.75, 3.05) is 24.6 Å². The highest BCUT2D eigenvalue weighted by Crippen LogP contribution is 2.21. The predicted molar refractivity (Wildman–Crippen MR) is 81.8 cm³/mol. The molecule has 2 saturated heterocycles. The summed E-state index contributed by atoms with van der Waals surface area (Å²) in [5, 5.41) is 3.06. The molecule has 0 spiro atoms. The smallest absolute Gasteiger partial charge is 0.290 e. The number of carbonyl (C=O) groups excluding carboxylic acids is 1. The van der Waals surface area contributed by atoms with Crippen molar-refractivity contribution in [2.24, 2.45) is 5.92 Å². The first kappa shape index (κ1) is 15.0. The molecule has 2 aliphatic heterocycles. The van der Waals surface area contributed by atoms with E-state index in [1.165, 1.54) is 6.20 Å². The standard InChI is InChI=1S/C15H22N4O3/c1-10-4-8-22-12(10)14(20)18-11-3-2-7-19(9-11)13-15(21)17-6-5-16-13/h5-6,10-12H,2-4,7-9H2,1H3,(H,17,21)(H,18,20)/t10-,11+,12+/m1/s1. The first-order valence-corrected chi connectivity index (χ1v) is 7.86. The van der Waals surface area contributed by atoms with Gasteiger partial charge in [-0.3, -0.25) is 9.59 Å². The number of nitrogens with zero attached hydrogens (tertiary/aromatic N) is 2. The molecule has 0 unspecified atom stereocenters. The normalized spacial score (nSPS) is 28.6. The van der Waals surface area contributed by atoms with Crippen molar-refractivity contribution in [1.29, 1.82) is 0 Å². The van der Waals surface area contributed by atoms with Crippen LogP contribution >= 0.6 is 0 Å². The van der Waals surface area contributed by atoms with Crippen LogP contribution in [0.15, 0.2) is 17.2 Å². The summed E-state index contributed by atoms with van der Waals surface area (Å²) in [6, 6.07) is 0.0269. The molecule has 0 saturated carbocycles. The van der Waals surface area contributed by atoms with Crippen LogP contribution < -0.4 is 15.8 Å². The van der Waals surface area contributed by atoms with Gasteiger partial charge in [0.2, 0.25) is 5.91 Å². The van der Waals surface area contributed by atoms with Crippen molar-refractivity contribution in [3.8, 4) is 0 Å². The maximum Gasteiger partial charge on any atom is 0.290 e. The number of piperidine rings is 1. The van der Waals surface area contributed by atoms with Gasteiger partial charge in [-0.2, -0.15) is 0 Å². The van der Waals surface area contributed by atoms with Gasteiger partial charge in [0.15, 0.2) is 5.82 Å². The summed E-state index contributed by atoms with van der Waals surface area (Å²) in [5.41, 5.74) is -0.192. The lowest BCUT2D eigenvalue weighted by Crippen LogP contribution is -2.51. The minimum atomic E-state index is -0.339. The number of nitrogens with one attached hydrogen (secondary N) is 2. The fraction of sp³-hybridized carbons (Fsp3) is 0.667. The van der Waals surface area contributed by atoms with Crippen LogP contribution in [0.2, 0.25) is 0 Å². The van der Waals surface area contributed by atoms with Gasteiger partial charge in [0.1, 0.15) is 6.10 Å². The highest BCUT2D eigenvalue weighted by atomic mass is 16.5. The molecule has 1 amide bonds. The van der Waals surface area contributed by atoms with Crippen molar-refractivity contribution < 1.29 is 9.53 Å². The monoisotopic (exact) mass is 306 g/mol. The molecule has 3 heterocycles. The fourth-order valence-electron chi connectivity index (χ4n) is 3.17. The maximum absolute atomic E-state index is 12.3. The molecular formula is C15H22N4O3. The summed E-state index contributed by atoms with van der Waals surface area (Å²) in [6.45, 7) is 4.08. The lowest BCUT2D eigenvalue weighted by Gasteiger charge is -2.34. The number of aromatic amines is 1. The zero-order valence-corrected chi connectivity index (χ0v) is 12.7. The molecule has 120 valence electrons. The number of anilines is 1. The van der Waals surface area contributed by atoms with Gasteiger partial charge in [-0.1, -0.05) is 6.92 Å². The molecule has 1 aromatic rings. The Hall–Kier alpha value is -1.89. The quantitative estimate of drug-likeness (QED) is 0.837. The molecule has 0 aromatic carbocycles. The summed E-state index contributed by atoms with van der Waals surface area (Å²) in [4.78, 5) is 32.9. The van der Waals surface area contributed by atoms with Crippen molar-refractivity contribution in [1.82, 2.24) is 15.3 Å². The molecule has 3 atom stereocenters. The molecule has 7 heteroatoms. The third-order valence-corrected chi connectivity index (χ3v) is 4.40. The Balaban J connectivity index is 1.62. The second-order valence-corrected chi connectivity index (χ2v) is 6.09. The SMILES string of the molecule is C[C@@H]1CCO[C@@H]1C(=O)N[C@H]1CCCN(c2ncc[nH]c2=O)C1. The average Bonchev–Trinajstić information content (AvgIpc) is 2.94. The number of ether oxygens (including phenoxy) is 1. The van der Waals surface area contributed by atoms with Gasteiger partial charge in [-0.25, -0.2) is 4.98 Å². The Morgan fingerprint density at radius 3 is 3.09 bits per heavy atom. The number of H-pyrrole nitrogens is 1. The minimum absolute atomic E-state index is 0.0269. The Kier molecular flexibility index (Phi) is 4.42. The summed E-state index contributed by atoms with van der Waals surface area (Å²) in [5.74, 6) is 0.650. The number of aromatic nitrogens is 2. The van der Waals surface area contributed by atoms with Crippen LogP contribution in [0.25, 0.3) is 0 Å². The molecule has 0 radical (unpaired) electrons. The Morgan fingerprint density at radius 1 is 1.50 bits per heavy atom. The molecule has 22 heavy (non-hydrogen) atoms. The lowest BCUT2D eigenvalue weighted by atomic mass is 10.0. The molecular weight excluding hydrogens is 284 g/mol. The van der Waals surface area contributed by atoms with Crippen molar-refractivity contribution in [3.63, 3.8) is 0 Å². The highest BCUT2D eigenvalue weighted by molar-refractivity contribution is 5.81. The second kappa shape index (κ2) is 6.48. The van der Waals surface area contributed by atoms with Gasteiger partial charge >= 0.3 is 0 Å². The largest absolute Gasteiger partial charge is 0.368 e. The van der Waals surface area contributed by atoms with Gasteiger partial charge in [0.05, 0.1) is 0 Å². The first-order chi connectivity index (χ1) is 10.6. The predicted octanol–water partition coefficient (Wildman–Crippen LogP) is 0.280. The Morgan fingerprint density at radius 2 is 2.36 bits per heavy atom. The van der Waals surface area contributed by atoms with E-state index < -0.39 is 0 Å². The van der Waals surface area contributed by atoms with Crippen LogP contribution in [-0.2, 0) is 9.53 Å². The van der Waals surface area contributed by atoms with E-state index in [1.807, 2.05) is 11.8 Å². The molecule has 3 rings (SSSR count). The molecule has 2 fully saturated rings. The van der Waals surface area contributed by atoms with Crippen LogP contribution in [0, 0.1) is 5.92 Å². The zero-order chi connectivity index (χ0) is 15.5. The minimum Gasteiger partial charge on any atom is -0.368 e. The Labute approximate surface area is 129 Å². The summed E-state index contributed by atoms with van der Waals surface area (Å²) >= 11 is 0. The third-order valence-electron chi connectivity index (χ3n) is 4.40. The summed E-state index contributed by atoms with van der Waals surface area (Å²) in [6.07, 6.45) is 5.52. The molecule has 2 aliphatic rings. The van der Waals surface area contributed by atoms with Crippen molar-refractivity contribution >= 4 is 11.7 Å². The fourth-order valence-corrected chi connectivity index (χ4v) is 3.17. The van der Waals surface area contributed by atoms with E-state index in [2.05, 4.69) is 15.3 Å². The van der Waals surface area contributed by atoms with Gasteiger partial charge in [0.25, 0.3) is 5.56 Å². The number of rotatable bonds is 3. The van der Waals surface area contributed by atoms with E-state index in [0.717, 1.165) is 25.8 Å². The van der Waals surface area contributed by atoms with Gasteiger partial charge in [-0.05, 0) is 25.2 Å². The Bertz CT molecular complexity index is 588. The molecule has 2 N–H and O–H groups in total. The topological polar surface area (TPSA) is 87.3 Å². The van der Waals surface area contributed by atoms with E-state index >= 15 is 0 Å². The van der Waals surface area contributed by atoms with E-state index in [-0.39, 0.29) is 29.5 Å². The van der Waals surface area contributed by atoms with E-state index in [9.17, 15) is 9.59 Å². The number of hydrogen-bond donors (Lipinski definition) is 2. The molecule has 1 aromatic heterocycles. The molecule has 0 bridgehead atoms. The van der Waals surface area contributed by atoms with Crippen molar-refractivity contribution in [2.45, 2.75) is 38.3 Å². The summed E-state index contributed by atoms with van der Waals surface area (Å²) < 4.78 is 5.51. The van der Waals surface area contributed by atoms with Gasteiger partial charge in [-0.15, -0.1) is 0 Å². The number of hydrogen-bond acceptors (Lipinski definition) is 5. The zero-order valence-electron chi connectivity index (χ0n) is 12.7. The van der Waals surface area contributed by atoms with E-state index in [0.29, 0.717) is 19.0 Å². The highest BCUT2D eigenvalue weighted by Gasteiger charge is 2.33. The van der Waals surface area contributed by atoms with E-state index in [4.69, 9.17) is 4.74 Å². The average molecular weight is 306 g/mol. The van der Waals surface area contributed by atoms with Crippen LogP contribution in [0.5, 0.6) is 0 Å². The number of amides is 1. The van der Waals surface area contributed by atoms with Crippen LogP contribution in [-0.4, -0.2) is 47.7 Å². The second-order valence-electron chi connectivity index (χ2n) is 6.09. The van der Waals surface area contributed by atoms with Gasteiger partial charge < -0.3 is 19.9 Å². The van der Waals surface area contributed by atoms with E-state index in [1.54, 1.807) is 6.20 Å². The van der Waals surface area contributed by atoms with Crippen LogP contribution in [0.4, 0.5) is 5.82 Å². The van der Waals surface area contributed by atoms with Gasteiger partial charge in [0, 0.05) is 38.1 Å². The summed E-state index contributed by atoms with van der Waals surface area (Å²) in [7, 11) is 0. The first-order valence-electron chi connectivity index (χ1n) is 7.86. The maximum atomic E-state index is 12.3.